The molecule has 2 nitrogen and oxygen atoms in total. The quantitative estimate of drug-likeness (QED) is 0.461. The number of phenols is 1. The molecule has 0 aliphatic heterocycles. The van der Waals surface area contributed by atoms with Crippen LogP contribution in [0.25, 0.3) is 22.3 Å². The highest BCUT2D eigenvalue weighted by Gasteiger charge is 2.27. The topological polar surface area (TPSA) is 29.5 Å². The largest absolute Gasteiger partial charge is 0.507 e. The van der Waals surface area contributed by atoms with E-state index in [9.17, 15) is 13.9 Å². The van der Waals surface area contributed by atoms with Crippen molar-refractivity contribution in [3.63, 3.8) is 0 Å². The molecule has 0 fully saturated rings. The first kappa shape index (κ1) is 22.8. The Morgan fingerprint density at radius 2 is 1.42 bits per heavy atom. The molecule has 0 aromatic heterocycles. The molecule has 0 aliphatic rings. The van der Waals surface area contributed by atoms with Gasteiger partial charge in [-0.2, -0.15) is 8.78 Å². The first-order valence-corrected chi connectivity index (χ1v) is 10.4. The Labute approximate surface area is 183 Å². The standard InChI is InChI=1S/C27H30F2O2/c1-26(2,3)18-12-15-22(31-25(28)29)19(16-18)24-21(30)14-13-20(27(4,5)6)23(24)17-10-8-7-9-11-17/h7-16,25,30H,1-6H3. The third kappa shape index (κ3) is 4.90. The van der Waals surface area contributed by atoms with Crippen LogP contribution in [0.5, 0.6) is 11.5 Å². The maximum atomic E-state index is 13.3. The smallest absolute Gasteiger partial charge is 0.387 e. The summed E-state index contributed by atoms with van der Waals surface area (Å²) >= 11 is 0. The normalized spacial score (nSPS) is 12.3. The lowest BCUT2D eigenvalue weighted by molar-refractivity contribution is -0.0494. The highest BCUT2D eigenvalue weighted by Crippen LogP contribution is 2.48. The molecule has 31 heavy (non-hydrogen) atoms. The van der Waals surface area contributed by atoms with Crippen molar-refractivity contribution in [1.29, 1.82) is 0 Å². The molecular weight excluding hydrogens is 394 g/mol. The predicted octanol–water partition coefficient (Wildman–Crippen LogP) is 7.92. The number of hydrogen-bond acceptors (Lipinski definition) is 2. The van der Waals surface area contributed by atoms with E-state index >= 15 is 0 Å². The van der Waals surface area contributed by atoms with E-state index in [1.807, 2.05) is 42.5 Å². The van der Waals surface area contributed by atoms with Crippen LogP contribution >= 0.6 is 0 Å². The van der Waals surface area contributed by atoms with Crippen molar-refractivity contribution in [3.05, 3.63) is 71.8 Å². The number of halogens is 2. The van der Waals surface area contributed by atoms with Crippen molar-refractivity contribution < 1.29 is 18.6 Å². The van der Waals surface area contributed by atoms with Crippen molar-refractivity contribution in [2.75, 3.05) is 0 Å². The van der Waals surface area contributed by atoms with Gasteiger partial charge < -0.3 is 9.84 Å². The van der Waals surface area contributed by atoms with Crippen molar-refractivity contribution in [2.45, 2.75) is 59.0 Å². The van der Waals surface area contributed by atoms with Crippen LogP contribution in [-0.4, -0.2) is 11.7 Å². The summed E-state index contributed by atoms with van der Waals surface area (Å²) in [5, 5.41) is 11.0. The van der Waals surface area contributed by atoms with Crippen LogP contribution in [0, 0.1) is 0 Å². The summed E-state index contributed by atoms with van der Waals surface area (Å²) in [5.74, 6) is 0.0681. The fourth-order valence-corrected chi connectivity index (χ4v) is 3.78. The van der Waals surface area contributed by atoms with E-state index in [0.717, 1.165) is 22.3 Å². The number of hydrogen-bond donors (Lipinski definition) is 1. The van der Waals surface area contributed by atoms with Crippen molar-refractivity contribution in [2.24, 2.45) is 0 Å². The number of alkyl halides is 2. The Kier molecular flexibility index (Phi) is 6.13. The lowest BCUT2D eigenvalue weighted by atomic mass is 9.77. The second kappa shape index (κ2) is 8.33. The number of aromatic hydroxyl groups is 1. The Hall–Kier alpha value is -2.88. The van der Waals surface area contributed by atoms with Gasteiger partial charge in [-0.1, -0.05) is 84.0 Å². The SMILES string of the molecule is CC(C)(C)c1ccc(OC(F)F)c(-c2c(O)ccc(C(C)(C)C)c2-c2ccccc2)c1. The Balaban J connectivity index is 2.45. The van der Waals surface area contributed by atoms with Gasteiger partial charge in [0.15, 0.2) is 0 Å². The minimum Gasteiger partial charge on any atom is -0.507 e. The molecule has 0 radical (unpaired) electrons. The van der Waals surface area contributed by atoms with Crippen molar-refractivity contribution in [1.82, 2.24) is 0 Å². The van der Waals surface area contributed by atoms with E-state index in [1.165, 1.54) is 0 Å². The zero-order chi connectivity index (χ0) is 23.0. The first-order valence-electron chi connectivity index (χ1n) is 10.4. The van der Waals surface area contributed by atoms with Gasteiger partial charge in [0.2, 0.25) is 0 Å². The Morgan fingerprint density at radius 1 is 0.774 bits per heavy atom. The van der Waals surface area contributed by atoms with E-state index in [1.54, 1.807) is 18.2 Å². The molecule has 0 spiro atoms. The van der Waals surface area contributed by atoms with Crippen molar-refractivity contribution in [3.8, 4) is 33.8 Å². The van der Waals surface area contributed by atoms with Gasteiger partial charge in [-0.15, -0.1) is 0 Å². The monoisotopic (exact) mass is 424 g/mol. The van der Waals surface area contributed by atoms with Gasteiger partial charge in [0.05, 0.1) is 0 Å². The number of benzene rings is 3. The number of rotatable bonds is 4. The number of phenolic OH excluding ortho intramolecular Hbond substituents is 1. The van der Waals surface area contributed by atoms with E-state index in [4.69, 9.17) is 4.74 Å². The van der Waals surface area contributed by atoms with Crippen LogP contribution in [0.4, 0.5) is 8.78 Å². The van der Waals surface area contributed by atoms with Gasteiger partial charge in [0.1, 0.15) is 11.5 Å². The summed E-state index contributed by atoms with van der Waals surface area (Å²) in [6, 6.07) is 18.5. The fourth-order valence-electron chi connectivity index (χ4n) is 3.78. The summed E-state index contributed by atoms with van der Waals surface area (Å²) in [7, 11) is 0. The van der Waals surface area contributed by atoms with Crippen LogP contribution < -0.4 is 4.74 Å². The average molecular weight is 425 g/mol. The minimum absolute atomic E-state index is 0.0250. The molecule has 0 atom stereocenters. The summed E-state index contributed by atoms with van der Waals surface area (Å²) in [6.07, 6.45) is 0. The van der Waals surface area contributed by atoms with Crippen molar-refractivity contribution >= 4 is 0 Å². The molecule has 0 saturated heterocycles. The highest BCUT2D eigenvalue weighted by atomic mass is 19.3. The van der Waals surface area contributed by atoms with Gasteiger partial charge in [0.25, 0.3) is 0 Å². The van der Waals surface area contributed by atoms with Crippen LogP contribution in [0.15, 0.2) is 60.7 Å². The van der Waals surface area contributed by atoms with Crippen LogP contribution in [0.1, 0.15) is 52.7 Å². The zero-order valence-electron chi connectivity index (χ0n) is 19.0. The lowest BCUT2D eigenvalue weighted by Crippen LogP contribution is -2.14. The molecule has 3 aromatic carbocycles. The first-order chi connectivity index (χ1) is 14.4. The van der Waals surface area contributed by atoms with Gasteiger partial charge >= 0.3 is 6.61 Å². The second-order valence-corrected chi connectivity index (χ2v) is 9.84. The molecule has 0 aliphatic carbocycles. The second-order valence-electron chi connectivity index (χ2n) is 9.84. The van der Waals surface area contributed by atoms with E-state index in [0.29, 0.717) is 11.1 Å². The molecule has 0 bridgehead atoms. The van der Waals surface area contributed by atoms with Gasteiger partial charge in [-0.05, 0) is 51.3 Å². The molecule has 1 N–H and O–H groups in total. The minimum atomic E-state index is -2.97. The molecule has 4 heteroatoms. The molecule has 0 heterocycles. The fraction of sp³-hybridized carbons (Fsp3) is 0.333. The Bertz CT molecular complexity index is 1060. The van der Waals surface area contributed by atoms with E-state index < -0.39 is 6.61 Å². The van der Waals surface area contributed by atoms with Crippen LogP contribution in [0.2, 0.25) is 0 Å². The van der Waals surface area contributed by atoms with Gasteiger partial charge in [-0.3, -0.25) is 0 Å². The summed E-state index contributed by atoms with van der Waals surface area (Å²) in [4.78, 5) is 0. The van der Waals surface area contributed by atoms with Gasteiger partial charge in [-0.25, -0.2) is 0 Å². The third-order valence-corrected chi connectivity index (χ3v) is 5.38. The maximum Gasteiger partial charge on any atom is 0.387 e. The molecular formula is C27H30F2O2. The molecule has 0 saturated carbocycles. The van der Waals surface area contributed by atoms with E-state index in [2.05, 4.69) is 41.5 Å². The van der Waals surface area contributed by atoms with Gasteiger partial charge in [0, 0.05) is 11.1 Å². The third-order valence-electron chi connectivity index (χ3n) is 5.38. The molecule has 0 unspecified atom stereocenters. The van der Waals surface area contributed by atoms with Crippen LogP contribution in [0.3, 0.4) is 0 Å². The highest BCUT2D eigenvalue weighted by molar-refractivity contribution is 5.92. The predicted molar refractivity (Wildman–Crippen MR) is 123 cm³/mol. The van der Waals surface area contributed by atoms with E-state index in [-0.39, 0.29) is 22.3 Å². The number of ether oxygens (including phenoxy) is 1. The maximum absolute atomic E-state index is 13.3. The zero-order valence-corrected chi connectivity index (χ0v) is 19.0. The molecule has 3 rings (SSSR count). The average Bonchev–Trinajstić information content (AvgIpc) is 2.66. The summed E-state index contributed by atoms with van der Waals surface area (Å²) < 4.78 is 31.4. The lowest BCUT2D eigenvalue weighted by Gasteiger charge is -2.28. The Morgan fingerprint density at radius 3 is 1.97 bits per heavy atom. The molecule has 164 valence electrons. The summed E-state index contributed by atoms with van der Waals surface area (Å²) in [6.45, 7) is 9.50. The summed E-state index contributed by atoms with van der Waals surface area (Å²) in [5.41, 5.74) is 4.21. The molecule has 3 aromatic rings. The van der Waals surface area contributed by atoms with Crippen LogP contribution in [-0.2, 0) is 10.8 Å². The molecule has 0 amide bonds.